The van der Waals surface area contributed by atoms with Crippen molar-refractivity contribution < 1.29 is 9.84 Å². The number of aliphatic hydroxyl groups excluding tert-OH is 1. The Labute approximate surface area is 131 Å². The molecule has 2 bridgehead atoms. The highest BCUT2D eigenvalue weighted by Crippen LogP contribution is 2.44. The fourth-order valence-electron chi connectivity index (χ4n) is 3.73. The van der Waals surface area contributed by atoms with Crippen molar-refractivity contribution >= 4 is 11.6 Å². The van der Waals surface area contributed by atoms with E-state index in [1.165, 1.54) is 25.7 Å². The van der Waals surface area contributed by atoms with Crippen molar-refractivity contribution in [1.29, 1.82) is 0 Å². The van der Waals surface area contributed by atoms with Crippen LogP contribution in [0.15, 0.2) is 24.3 Å². The normalized spacial score (nSPS) is 29.0. The van der Waals surface area contributed by atoms with Crippen molar-refractivity contribution in [2.75, 3.05) is 13.2 Å². The summed E-state index contributed by atoms with van der Waals surface area (Å²) in [6.45, 7) is 1.52. The lowest BCUT2D eigenvalue weighted by Crippen LogP contribution is -2.40. The molecule has 3 rings (SSSR count). The van der Waals surface area contributed by atoms with Crippen molar-refractivity contribution in [3.63, 3.8) is 0 Å². The molecule has 3 nitrogen and oxygen atoms in total. The Morgan fingerprint density at radius 1 is 1.24 bits per heavy atom. The summed E-state index contributed by atoms with van der Waals surface area (Å²) in [6, 6.07) is 8.22. The summed E-state index contributed by atoms with van der Waals surface area (Å²) in [6.07, 6.45) is 5.03. The largest absolute Gasteiger partial charge is 0.389 e. The lowest BCUT2D eigenvalue weighted by molar-refractivity contribution is 0.0267. The smallest absolute Gasteiger partial charge is 0.0897 e. The van der Waals surface area contributed by atoms with Crippen LogP contribution < -0.4 is 5.32 Å². The zero-order valence-electron chi connectivity index (χ0n) is 12.3. The number of hydrogen-bond donors (Lipinski definition) is 2. The van der Waals surface area contributed by atoms with Crippen LogP contribution in [-0.2, 0) is 11.3 Å². The summed E-state index contributed by atoms with van der Waals surface area (Å²) in [5.74, 6) is 1.78. The van der Waals surface area contributed by atoms with Gasteiger partial charge in [0.25, 0.3) is 0 Å². The van der Waals surface area contributed by atoms with E-state index in [2.05, 4.69) is 5.32 Å². The minimum atomic E-state index is -0.434. The maximum atomic E-state index is 9.99. The minimum Gasteiger partial charge on any atom is -0.389 e. The van der Waals surface area contributed by atoms with E-state index in [4.69, 9.17) is 16.3 Å². The number of hydrogen-bond acceptors (Lipinski definition) is 3. The van der Waals surface area contributed by atoms with Crippen LogP contribution in [0.1, 0.15) is 31.2 Å². The number of nitrogens with one attached hydrogen (secondary N) is 1. The predicted molar refractivity (Wildman–Crippen MR) is 84.4 cm³/mol. The maximum Gasteiger partial charge on any atom is 0.0897 e. The standard InChI is InChI=1S/C17H24ClNO2/c18-15-5-2-12(3-6-15)10-21-11-16(20)9-19-17-8-13-1-4-14(17)7-13/h2-3,5-6,13-14,16-17,19-20H,1,4,7-11H2. The highest BCUT2D eigenvalue weighted by molar-refractivity contribution is 6.30. The van der Waals surface area contributed by atoms with E-state index in [-0.39, 0.29) is 0 Å². The van der Waals surface area contributed by atoms with E-state index in [0.29, 0.717) is 25.8 Å². The Bertz CT molecular complexity index is 451. The first-order valence-electron chi connectivity index (χ1n) is 7.94. The topological polar surface area (TPSA) is 41.5 Å². The summed E-state index contributed by atoms with van der Waals surface area (Å²) < 4.78 is 5.57. The molecule has 2 fully saturated rings. The van der Waals surface area contributed by atoms with E-state index in [1.807, 2.05) is 24.3 Å². The van der Waals surface area contributed by atoms with E-state index < -0.39 is 6.10 Å². The summed E-state index contributed by atoms with van der Waals surface area (Å²) in [4.78, 5) is 0. The molecule has 2 aliphatic carbocycles. The summed E-state index contributed by atoms with van der Waals surface area (Å²) in [5, 5.41) is 14.2. The van der Waals surface area contributed by atoms with Gasteiger partial charge >= 0.3 is 0 Å². The molecular formula is C17H24ClNO2. The first-order chi connectivity index (χ1) is 10.2. The molecule has 1 aromatic rings. The van der Waals surface area contributed by atoms with Crippen LogP contribution in [0.2, 0.25) is 5.02 Å². The third-order valence-electron chi connectivity index (χ3n) is 4.85. The third-order valence-corrected chi connectivity index (χ3v) is 5.10. The third kappa shape index (κ3) is 4.19. The zero-order valence-corrected chi connectivity index (χ0v) is 13.1. The quantitative estimate of drug-likeness (QED) is 0.813. The van der Waals surface area contributed by atoms with Crippen LogP contribution in [0.5, 0.6) is 0 Å². The van der Waals surface area contributed by atoms with E-state index in [9.17, 15) is 5.11 Å². The molecule has 2 aliphatic rings. The van der Waals surface area contributed by atoms with Gasteiger partial charge in [0.15, 0.2) is 0 Å². The van der Waals surface area contributed by atoms with Gasteiger partial charge in [0, 0.05) is 17.6 Å². The van der Waals surface area contributed by atoms with Crippen LogP contribution in [0.4, 0.5) is 0 Å². The molecule has 4 atom stereocenters. The monoisotopic (exact) mass is 309 g/mol. The molecule has 4 heteroatoms. The molecular weight excluding hydrogens is 286 g/mol. The number of fused-ring (bicyclic) bond motifs is 2. The van der Waals surface area contributed by atoms with Crippen LogP contribution in [0.25, 0.3) is 0 Å². The highest BCUT2D eigenvalue weighted by Gasteiger charge is 2.39. The molecule has 0 spiro atoms. The van der Waals surface area contributed by atoms with Gasteiger partial charge in [-0.25, -0.2) is 0 Å². The molecule has 0 heterocycles. The molecule has 0 saturated heterocycles. The van der Waals surface area contributed by atoms with Gasteiger partial charge in [-0.1, -0.05) is 30.2 Å². The van der Waals surface area contributed by atoms with E-state index in [0.717, 1.165) is 22.4 Å². The summed E-state index contributed by atoms with van der Waals surface area (Å²) in [7, 11) is 0. The van der Waals surface area contributed by atoms with Crippen LogP contribution >= 0.6 is 11.6 Å². The van der Waals surface area contributed by atoms with E-state index >= 15 is 0 Å². The second kappa shape index (κ2) is 7.10. The number of halogens is 1. The summed E-state index contributed by atoms with van der Waals surface area (Å²) >= 11 is 5.84. The van der Waals surface area contributed by atoms with Gasteiger partial charge in [-0.05, 0) is 48.8 Å². The molecule has 0 amide bonds. The second-order valence-electron chi connectivity index (χ2n) is 6.49. The molecule has 21 heavy (non-hydrogen) atoms. The fraction of sp³-hybridized carbons (Fsp3) is 0.647. The lowest BCUT2D eigenvalue weighted by atomic mass is 9.95. The lowest BCUT2D eigenvalue weighted by Gasteiger charge is -2.24. The molecule has 2 saturated carbocycles. The first-order valence-corrected chi connectivity index (χ1v) is 8.32. The van der Waals surface area contributed by atoms with Gasteiger partial charge < -0.3 is 15.2 Å². The highest BCUT2D eigenvalue weighted by atomic mass is 35.5. The van der Waals surface area contributed by atoms with Crippen molar-refractivity contribution in [2.24, 2.45) is 11.8 Å². The molecule has 116 valence electrons. The Hall–Kier alpha value is -0.610. The van der Waals surface area contributed by atoms with E-state index in [1.54, 1.807) is 0 Å². The van der Waals surface area contributed by atoms with Crippen molar-refractivity contribution in [2.45, 2.75) is 44.4 Å². The average molecular weight is 310 g/mol. The number of ether oxygens (including phenoxy) is 1. The Balaban J connectivity index is 1.31. The molecule has 1 aromatic carbocycles. The molecule has 0 radical (unpaired) electrons. The number of rotatable bonds is 7. The van der Waals surface area contributed by atoms with Crippen molar-refractivity contribution in [1.82, 2.24) is 5.32 Å². The Morgan fingerprint density at radius 2 is 2.05 bits per heavy atom. The molecule has 2 N–H and O–H groups in total. The van der Waals surface area contributed by atoms with Crippen molar-refractivity contribution in [3.05, 3.63) is 34.9 Å². The van der Waals surface area contributed by atoms with Crippen LogP contribution in [0, 0.1) is 11.8 Å². The van der Waals surface area contributed by atoms with Gasteiger partial charge in [-0.2, -0.15) is 0 Å². The first kappa shape index (κ1) is 15.3. The zero-order chi connectivity index (χ0) is 14.7. The number of aliphatic hydroxyl groups is 1. The maximum absolute atomic E-state index is 9.99. The SMILES string of the molecule is OC(CNC1CC2CCC1C2)COCc1ccc(Cl)cc1. The molecule has 0 aromatic heterocycles. The Morgan fingerprint density at radius 3 is 2.71 bits per heavy atom. The molecule has 0 aliphatic heterocycles. The fourth-order valence-corrected chi connectivity index (χ4v) is 3.86. The van der Waals surface area contributed by atoms with Gasteiger partial charge in [-0.15, -0.1) is 0 Å². The predicted octanol–water partition coefficient (Wildman–Crippen LogP) is 3.00. The van der Waals surface area contributed by atoms with Crippen molar-refractivity contribution in [3.8, 4) is 0 Å². The minimum absolute atomic E-state index is 0.371. The average Bonchev–Trinajstić information content (AvgIpc) is 3.10. The van der Waals surface area contributed by atoms with Crippen LogP contribution in [-0.4, -0.2) is 30.4 Å². The Kier molecular flexibility index (Phi) is 5.17. The van der Waals surface area contributed by atoms with Gasteiger partial charge in [0.1, 0.15) is 0 Å². The molecule has 4 unspecified atom stereocenters. The summed E-state index contributed by atoms with van der Waals surface area (Å²) in [5.41, 5.74) is 1.08. The second-order valence-corrected chi connectivity index (χ2v) is 6.92. The van der Waals surface area contributed by atoms with Crippen LogP contribution in [0.3, 0.4) is 0 Å². The van der Waals surface area contributed by atoms with Gasteiger partial charge in [0.2, 0.25) is 0 Å². The van der Waals surface area contributed by atoms with Gasteiger partial charge in [-0.3, -0.25) is 0 Å². The number of benzene rings is 1. The van der Waals surface area contributed by atoms with Gasteiger partial charge in [0.05, 0.1) is 19.3 Å².